The number of aromatic nitrogens is 2. The monoisotopic (exact) mass is 485 g/mol. The second kappa shape index (κ2) is 9.05. The van der Waals surface area contributed by atoms with Gasteiger partial charge in [0.1, 0.15) is 6.10 Å². The standard InChI is InChI=1S/C19H20FN3O9S/c1-8-13-15(32-33(26)31-13)18(30-8)23-7-10(20)16(22-19(23)25)21-17(24)9-5-11(27-2)14(29-4)12(6-9)28-3/h5-8,13,15,18H,1-4H3,(H,21,22,24,25)/t8-,13-,15-,18-,33?/m1/s1. The van der Waals surface area contributed by atoms with Gasteiger partial charge >= 0.3 is 17.1 Å². The maximum atomic E-state index is 14.8. The van der Waals surface area contributed by atoms with E-state index in [2.05, 4.69) is 10.3 Å². The van der Waals surface area contributed by atoms with Gasteiger partial charge in [0.2, 0.25) is 5.75 Å². The van der Waals surface area contributed by atoms with Crippen molar-refractivity contribution in [3.8, 4) is 17.2 Å². The fourth-order valence-electron chi connectivity index (χ4n) is 3.57. The molecule has 1 N–H and O–H groups in total. The first-order valence-corrected chi connectivity index (χ1v) is 10.6. The highest BCUT2D eigenvalue weighted by Crippen LogP contribution is 2.39. The molecule has 1 unspecified atom stereocenters. The molecule has 0 saturated carbocycles. The minimum absolute atomic E-state index is 0.0460. The van der Waals surface area contributed by atoms with Gasteiger partial charge in [-0.1, -0.05) is 0 Å². The van der Waals surface area contributed by atoms with Crippen molar-refractivity contribution >= 4 is 23.1 Å². The second-order valence-corrected chi connectivity index (χ2v) is 7.85. The van der Waals surface area contributed by atoms with Gasteiger partial charge in [-0.15, -0.1) is 0 Å². The summed E-state index contributed by atoms with van der Waals surface area (Å²) >= 11 is -2.00. The normalized spacial score (nSPS) is 26.0. The molecule has 0 radical (unpaired) electrons. The number of carbonyl (C=O) groups is 1. The van der Waals surface area contributed by atoms with E-state index in [1.807, 2.05) is 0 Å². The molecule has 1 aromatic carbocycles. The number of hydrogen-bond acceptors (Lipinski definition) is 10. The number of nitrogens with one attached hydrogen (secondary N) is 1. The Kier molecular flexibility index (Phi) is 6.34. The van der Waals surface area contributed by atoms with Crippen molar-refractivity contribution in [3.63, 3.8) is 0 Å². The highest BCUT2D eigenvalue weighted by molar-refractivity contribution is 7.75. The summed E-state index contributed by atoms with van der Waals surface area (Å²) in [7, 11) is 4.17. The van der Waals surface area contributed by atoms with Crippen molar-refractivity contribution in [3.05, 3.63) is 40.2 Å². The molecule has 2 saturated heterocycles. The lowest BCUT2D eigenvalue weighted by Crippen LogP contribution is -2.35. The molecule has 2 aliphatic heterocycles. The molecular formula is C19H20FN3O9S. The van der Waals surface area contributed by atoms with E-state index in [-0.39, 0.29) is 22.8 Å². The molecule has 1 amide bonds. The van der Waals surface area contributed by atoms with Crippen LogP contribution in [0, 0.1) is 5.82 Å². The van der Waals surface area contributed by atoms with E-state index >= 15 is 0 Å². The van der Waals surface area contributed by atoms with Gasteiger partial charge in [-0.2, -0.15) is 9.19 Å². The summed E-state index contributed by atoms with van der Waals surface area (Å²) in [6.07, 6.45) is -2.42. The van der Waals surface area contributed by atoms with E-state index < -0.39 is 59.1 Å². The third-order valence-corrected chi connectivity index (χ3v) is 5.90. The Morgan fingerprint density at radius 3 is 2.39 bits per heavy atom. The van der Waals surface area contributed by atoms with Crippen LogP contribution in [0.3, 0.4) is 0 Å². The molecule has 3 heterocycles. The number of ether oxygens (including phenoxy) is 4. The molecular weight excluding hydrogens is 465 g/mol. The summed E-state index contributed by atoms with van der Waals surface area (Å²) < 4.78 is 58.6. The molecule has 2 aromatic rings. The Labute approximate surface area is 189 Å². The molecule has 12 nitrogen and oxygen atoms in total. The Hall–Kier alpha value is -3.07. The summed E-state index contributed by atoms with van der Waals surface area (Å²) in [6.45, 7) is 1.64. The molecule has 5 atom stereocenters. The number of anilines is 1. The van der Waals surface area contributed by atoms with Crippen molar-refractivity contribution in [2.75, 3.05) is 26.6 Å². The highest BCUT2D eigenvalue weighted by Gasteiger charge is 2.52. The number of halogens is 1. The van der Waals surface area contributed by atoms with E-state index in [1.54, 1.807) is 6.92 Å². The first-order chi connectivity index (χ1) is 15.8. The van der Waals surface area contributed by atoms with Crippen LogP contribution < -0.4 is 25.2 Å². The van der Waals surface area contributed by atoms with Crippen LogP contribution in [0.1, 0.15) is 23.5 Å². The predicted molar refractivity (Wildman–Crippen MR) is 110 cm³/mol. The van der Waals surface area contributed by atoms with Crippen LogP contribution in [0.5, 0.6) is 17.2 Å². The average molecular weight is 485 g/mol. The number of methoxy groups -OCH3 is 3. The SMILES string of the molecule is COc1cc(C(=O)Nc2nc(=O)n([C@@H]3O[C@H](C)[C@H]4OS(=O)O[C@H]43)cc2F)cc(OC)c1OC. The first-order valence-electron chi connectivity index (χ1n) is 9.59. The largest absolute Gasteiger partial charge is 0.493 e. The van der Waals surface area contributed by atoms with Crippen molar-refractivity contribution < 1.29 is 40.7 Å². The minimum Gasteiger partial charge on any atom is -0.493 e. The van der Waals surface area contributed by atoms with Crippen LogP contribution in [-0.4, -0.2) is 59.3 Å². The van der Waals surface area contributed by atoms with Crippen molar-refractivity contribution in [1.29, 1.82) is 0 Å². The molecule has 33 heavy (non-hydrogen) atoms. The van der Waals surface area contributed by atoms with Crippen molar-refractivity contribution in [2.24, 2.45) is 0 Å². The van der Waals surface area contributed by atoms with Gasteiger partial charge in [0.15, 0.2) is 35.5 Å². The van der Waals surface area contributed by atoms with Gasteiger partial charge in [0.05, 0.1) is 33.6 Å². The van der Waals surface area contributed by atoms with Gasteiger partial charge < -0.3 is 24.3 Å². The lowest BCUT2D eigenvalue weighted by Gasteiger charge is -2.18. The van der Waals surface area contributed by atoms with Crippen LogP contribution in [0.4, 0.5) is 10.2 Å². The number of amides is 1. The molecule has 178 valence electrons. The number of hydrogen-bond donors (Lipinski definition) is 1. The van der Waals surface area contributed by atoms with E-state index in [9.17, 15) is 18.2 Å². The van der Waals surface area contributed by atoms with Crippen molar-refractivity contribution in [1.82, 2.24) is 9.55 Å². The summed E-state index contributed by atoms with van der Waals surface area (Å²) in [5.74, 6) is -1.67. The van der Waals surface area contributed by atoms with Gasteiger partial charge in [0, 0.05) is 5.56 Å². The van der Waals surface area contributed by atoms with Gasteiger partial charge in [-0.3, -0.25) is 17.7 Å². The van der Waals surface area contributed by atoms with Crippen molar-refractivity contribution in [2.45, 2.75) is 31.5 Å². The molecule has 14 heteroatoms. The zero-order valence-corrected chi connectivity index (χ0v) is 18.7. The number of nitrogens with zero attached hydrogens (tertiary/aromatic N) is 2. The summed E-state index contributed by atoms with van der Waals surface area (Å²) in [4.78, 5) is 28.9. The maximum absolute atomic E-state index is 14.8. The predicted octanol–water partition coefficient (Wildman–Crippen LogP) is 0.940. The molecule has 2 aliphatic rings. The number of rotatable bonds is 6. The summed E-state index contributed by atoms with van der Waals surface area (Å²) in [5, 5.41) is 2.25. The number of fused-ring (bicyclic) bond motifs is 1. The third kappa shape index (κ3) is 4.17. The Morgan fingerprint density at radius 2 is 1.79 bits per heavy atom. The molecule has 0 spiro atoms. The van der Waals surface area contributed by atoms with Gasteiger partial charge in [-0.05, 0) is 19.1 Å². The van der Waals surface area contributed by atoms with E-state index in [0.717, 1.165) is 10.8 Å². The van der Waals surface area contributed by atoms with E-state index in [0.29, 0.717) is 0 Å². The van der Waals surface area contributed by atoms with Crippen LogP contribution >= 0.6 is 0 Å². The van der Waals surface area contributed by atoms with Crippen LogP contribution in [0.15, 0.2) is 23.1 Å². The molecule has 0 bridgehead atoms. The number of benzene rings is 1. The third-order valence-electron chi connectivity index (χ3n) is 5.14. The Bertz CT molecular complexity index is 1150. The van der Waals surface area contributed by atoms with E-state index in [1.165, 1.54) is 33.5 Å². The van der Waals surface area contributed by atoms with Crippen LogP contribution in [0.2, 0.25) is 0 Å². The van der Waals surface area contributed by atoms with Gasteiger partial charge in [0.25, 0.3) is 5.91 Å². The summed E-state index contributed by atoms with van der Waals surface area (Å²) in [5.41, 5.74) is -0.875. The number of carbonyl (C=O) groups excluding carboxylic acids is 1. The maximum Gasteiger partial charge on any atom is 0.351 e. The molecule has 0 aliphatic carbocycles. The second-order valence-electron chi connectivity index (χ2n) is 7.05. The van der Waals surface area contributed by atoms with E-state index in [4.69, 9.17) is 27.3 Å². The van der Waals surface area contributed by atoms with Crippen LogP contribution in [0.25, 0.3) is 0 Å². The first kappa shape index (κ1) is 23.1. The highest BCUT2D eigenvalue weighted by atomic mass is 32.2. The molecule has 2 fully saturated rings. The Balaban J connectivity index is 1.60. The minimum atomic E-state index is -2.00. The van der Waals surface area contributed by atoms with Crippen LogP contribution in [-0.2, 0) is 24.5 Å². The topological polar surface area (TPSA) is 136 Å². The Morgan fingerprint density at radius 1 is 1.15 bits per heavy atom. The fraction of sp³-hybridized carbons (Fsp3) is 0.421. The fourth-order valence-corrected chi connectivity index (χ4v) is 4.45. The molecule has 1 aromatic heterocycles. The average Bonchev–Trinajstić information content (AvgIpc) is 3.32. The zero-order chi connectivity index (χ0) is 23.9. The smallest absolute Gasteiger partial charge is 0.351 e. The van der Waals surface area contributed by atoms with Gasteiger partial charge in [-0.25, -0.2) is 9.18 Å². The quantitative estimate of drug-likeness (QED) is 0.629. The summed E-state index contributed by atoms with van der Waals surface area (Å²) in [6, 6.07) is 2.72. The molecule has 4 rings (SSSR count). The lowest BCUT2D eigenvalue weighted by molar-refractivity contribution is -0.0311. The lowest BCUT2D eigenvalue weighted by atomic mass is 10.1. The zero-order valence-electron chi connectivity index (χ0n) is 17.9.